The molecule has 0 amide bonds. The van der Waals surface area contributed by atoms with Gasteiger partial charge in [-0.05, 0) is 44.8 Å². The average molecular weight is 237 g/mol. The number of hydrogen-bond acceptors (Lipinski definition) is 3. The predicted octanol–water partition coefficient (Wildman–Crippen LogP) is 1.60. The molecule has 0 aliphatic rings. The van der Waals surface area contributed by atoms with E-state index in [4.69, 9.17) is 18.0 Å². The lowest BCUT2D eigenvalue weighted by molar-refractivity contribution is 0.425. The van der Waals surface area contributed by atoms with Gasteiger partial charge >= 0.3 is 0 Å². The number of rotatable bonds is 5. The maximum atomic E-state index is 5.58. The van der Waals surface area contributed by atoms with Gasteiger partial charge < -0.3 is 16.0 Å². The molecule has 0 aromatic heterocycles. The fraction of sp³-hybridized carbons (Fsp3) is 0.417. The molecule has 88 valence electrons. The molecule has 0 radical (unpaired) electrons. The summed E-state index contributed by atoms with van der Waals surface area (Å²) in [5.41, 5.74) is 8.81. The lowest BCUT2D eigenvalue weighted by atomic mass is 10.1. The maximum Gasteiger partial charge on any atom is 0.103 e. The zero-order valence-electron chi connectivity index (χ0n) is 10.1. The summed E-state index contributed by atoms with van der Waals surface area (Å²) in [5, 5.41) is 3.38. The Labute approximate surface area is 103 Å². The van der Waals surface area contributed by atoms with E-state index in [1.165, 1.54) is 5.56 Å². The molecule has 0 aliphatic carbocycles. The highest BCUT2D eigenvalue weighted by Gasteiger charge is 2.01. The second kappa shape index (κ2) is 5.82. The van der Waals surface area contributed by atoms with Gasteiger partial charge in [0.1, 0.15) is 4.99 Å². The summed E-state index contributed by atoms with van der Waals surface area (Å²) in [6.07, 6.45) is 0. The first-order valence-electron chi connectivity index (χ1n) is 5.30. The minimum Gasteiger partial charge on any atom is -0.389 e. The van der Waals surface area contributed by atoms with Crippen LogP contribution >= 0.6 is 12.2 Å². The monoisotopic (exact) mass is 237 g/mol. The second-order valence-electron chi connectivity index (χ2n) is 4.12. The molecule has 1 aromatic rings. The molecule has 1 aromatic carbocycles. The van der Waals surface area contributed by atoms with Crippen LogP contribution in [0.3, 0.4) is 0 Å². The van der Waals surface area contributed by atoms with Crippen molar-refractivity contribution in [2.45, 2.75) is 6.92 Å². The van der Waals surface area contributed by atoms with Crippen molar-refractivity contribution in [3.63, 3.8) is 0 Å². The van der Waals surface area contributed by atoms with Crippen LogP contribution in [-0.4, -0.2) is 37.1 Å². The zero-order chi connectivity index (χ0) is 12.1. The Morgan fingerprint density at radius 3 is 2.62 bits per heavy atom. The van der Waals surface area contributed by atoms with E-state index in [1.54, 1.807) is 0 Å². The molecule has 16 heavy (non-hydrogen) atoms. The van der Waals surface area contributed by atoms with Gasteiger partial charge in [0, 0.05) is 24.3 Å². The summed E-state index contributed by atoms with van der Waals surface area (Å²) in [6.45, 7) is 4.00. The molecule has 0 saturated heterocycles. The van der Waals surface area contributed by atoms with Crippen LogP contribution in [0.5, 0.6) is 0 Å². The molecular formula is C12H19N3S. The Balaban J connectivity index is 2.64. The largest absolute Gasteiger partial charge is 0.389 e. The van der Waals surface area contributed by atoms with Crippen LogP contribution in [-0.2, 0) is 0 Å². The van der Waals surface area contributed by atoms with Crippen LogP contribution in [0.2, 0.25) is 0 Å². The number of nitrogens with one attached hydrogen (secondary N) is 1. The molecule has 0 spiro atoms. The molecule has 0 bridgehead atoms. The highest BCUT2D eigenvalue weighted by molar-refractivity contribution is 7.80. The molecule has 0 fully saturated rings. The van der Waals surface area contributed by atoms with Gasteiger partial charge in [-0.3, -0.25) is 0 Å². The molecule has 0 aliphatic heterocycles. The van der Waals surface area contributed by atoms with Gasteiger partial charge in [-0.1, -0.05) is 12.2 Å². The fourth-order valence-corrected chi connectivity index (χ4v) is 1.56. The van der Waals surface area contributed by atoms with Gasteiger partial charge in [-0.2, -0.15) is 0 Å². The molecule has 3 N–H and O–H groups in total. The highest BCUT2D eigenvalue weighted by atomic mass is 32.1. The van der Waals surface area contributed by atoms with E-state index in [0.717, 1.165) is 24.3 Å². The number of thiocarbonyl (C=S) groups is 1. The van der Waals surface area contributed by atoms with Crippen molar-refractivity contribution in [2.75, 3.05) is 32.5 Å². The van der Waals surface area contributed by atoms with E-state index in [9.17, 15) is 0 Å². The lowest BCUT2D eigenvalue weighted by Crippen LogP contribution is -2.21. The van der Waals surface area contributed by atoms with Crippen molar-refractivity contribution in [3.05, 3.63) is 29.3 Å². The third kappa shape index (κ3) is 3.79. The third-order valence-electron chi connectivity index (χ3n) is 2.39. The zero-order valence-corrected chi connectivity index (χ0v) is 10.9. The lowest BCUT2D eigenvalue weighted by Gasteiger charge is -2.13. The standard InChI is InChI=1S/C12H19N3S/c1-9-8-10(12(13)16)4-5-11(9)14-6-7-15(2)3/h4-5,8,14H,6-7H2,1-3H3,(H2,13,16). The second-order valence-corrected chi connectivity index (χ2v) is 4.56. The average Bonchev–Trinajstić information content (AvgIpc) is 2.19. The first-order chi connectivity index (χ1) is 7.50. The summed E-state index contributed by atoms with van der Waals surface area (Å²) in [5.74, 6) is 0. The van der Waals surface area contributed by atoms with Gasteiger partial charge in [0.2, 0.25) is 0 Å². The van der Waals surface area contributed by atoms with Crippen molar-refractivity contribution in [3.8, 4) is 0 Å². The first kappa shape index (κ1) is 12.9. The van der Waals surface area contributed by atoms with Crippen LogP contribution in [0.1, 0.15) is 11.1 Å². The first-order valence-corrected chi connectivity index (χ1v) is 5.70. The van der Waals surface area contributed by atoms with E-state index in [-0.39, 0.29) is 0 Å². The SMILES string of the molecule is Cc1cc(C(N)=S)ccc1NCCN(C)C. The van der Waals surface area contributed by atoms with Crippen molar-refractivity contribution in [1.82, 2.24) is 4.90 Å². The van der Waals surface area contributed by atoms with Crippen LogP contribution in [0.15, 0.2) is 18.2 Å². The van der Waals surface area contributed by atoms with Gasteiger partial charge in [-0.25, -0.2) is 0 Å². The number of likely N-dealkylation sites (N-methyl/N-ethyl adjacent to an activating group) is 1. The van der Waals surface area contributed by atoms with Gasteiger partial charge in [-0.15, -0.1) is 0 Å². The number of nitrogens with two attached hydrogens (primary N) is 1. The van der Waals surface area contributed by atoms with E-state index >= 15 is 0 Å². The predicted molar refractivity (Wildman–Crippen MR) is 74.1 cm³/mol. The summed E-state index contributed by atoms with van der Waals surface area (Å²) in [6, 6.07) is 5.99. The third-order valence-corrected chi connectivity index (χ3v) is 2.62. The van der Waals surface area contributed by atoms with Crippen molar-refractivity contribution in [2.24, 2.45) is 5.73 Å². The van der Waals surface area contributed by atoms with Gasteiger partial charge in [0.15, 0.2) is 0 Å². The van der Waals surface area contributed by atoms with Crippen LogP contribution in [0.4, 0.5) is 5.69 Å². The van der Waals surface area contributed by atoms with E-state index < -0.39 is 0 Å². The normalized spacial score (nSPS) is 10.5. The van der Waals surface area contributed by atoms with Crippen molar-refractivity contribution < 1.29 is 0 Å². The van der Waals surface area contributed by atoms with Crippen molar-refractivity contribution in [1.29, 1.82) is 0 Å². The molecule has 0 heterocycles. The van der Waals surface area contributed by atoms with Crippen molar-refractivity contribution >= 4 is 22.9 Å². The Morgan fingerprint density at radius 2 is 2.12 bits per heavy atom. The van der Waals surface area contributed by atoms with Gasteiger partial charge in [0.25, 0.3) is 0 Å². The Kier molecular flexibility index (Phi) is 4.71. The smallest absolute Gasteiger partial charge is 0.103 e. The number of aryl methyl sites for hydroxylation is 1. The number of benzene rings is 1. The Hall–Kier alpha value is -1.13. The van der Waals surface area contributed by atoms with Crippen LogP contribution in [0.25, 0.3) is 0 Å². The molecule has 0 atom stereocenters. The van der Waals surface area contributed by atoms with Crippen LogP contribution < -0.4 is 11.1 Å². The van der Waals surface area contributed by atoms with Crippen LogP contribution in [0, 0.1) is 6.92 Å². The number of hydrogen-bond donors (Lipinski definition) is 2. The maximum absolute atomic E-state index is 5.58. The van der Waals surface area contributed by atoms with E-state index in [0.29, 0.717) is 4.99 Å². The summed E-state index contributed by atoms with van der Waals surface area (Å²) < 4.78 is 0. The minimum atomic E-state index is 0.447. The molecule has 1 rings (SSSR count). The molecule has 0 unspecified atom stereocenters. The molecule has 3 nitrogen and oxygen atoms in total. The summed E-state index contributed by atoms with van der Waals surface area (Å²) in [4.78, 5) is 2.59. The molecule has 0 saturated carbocycles. The van der Waals surface area contributed by atoms with E-state index in [2.05, 4.69) is 31.2 Å². The number of anilines is 1. The minimum absolute atomic E-state index is 0.447. The summed E-state index contributed by atoms with van der Waals surface area (Å²) in [7, 11) is 4.12. The molecule has 4 heteroatoms. The Bertz CT molecular complexity index is 375. The van der Waals surface area contributed by atoms with Gasteiger partial charge in [0.05, 0.1) is 0 Å². The van der Waals surface area contributed by atoms with E-state index in [1.807, 2.05) is 18.2 Å². The topological polar surface area (TPSA) is 41.3 Å². The summed E-state index contributed by atoms with van der Waals surface area (Å²) >= 11 is 4.94. The molecular weight excluding hydrogens is 218 g/mol. The quantitative estimate of drug-likeness (QED) is 0.763. The highest BCUT2D eigenvalue weighted by Crippen LogP contribution is 2.16. The number of nitrogens with zero attached hydrogens (tertiary/aromatic N) is 1. The Morgan fingerprint density at radius 1 is 1.44 bits per heavy atom. The fourth-order valence-electron chi connectivity index (χ4n) is 1.43.